The molecule has 33 heavy (non-hydrogen) atoms. The summed E-state index contributed by atoms with van der Waals surface area (Å²) in [7, 11) is 0. The number of nitrogens with one attached hydrogen (secondary N) is 3. The molecule has 0 atom stereocenters. The van der Waals surface area contributed by atoms with Crippen LogP contribution in [0.25, 0.3) is 0 Å². The Morgan fingerprint density at radius 1 is 0.758 bits per heavy atom. The van der Waals surface area contributed by atoms with Crippen molar-refractivity contribution in [1.82, 2.24) is 15.0 Å². The van der Waals surface area contributed by atoms with Crippen molar-refractivity contribution in [1.29, 1.82) is 0 Å². The van der Waals surface area contributed by atoms with E-state index in [9.17, 15) is 5.11 Å². The first kappa shape index (κ1) is 22.2. The molecule has 0 saturated carbocycles. The molecule has 3 aromatic carbocycles. The standard InChI is InChI=1S/C24H22BrN7O/c1-15-3-8-19(9-4-15)27-22-29-23(28-20-10-5-16(2)6-11-20)31-24(30-22)32-26-14-17-13-18(25)7-12-21(17)33/h3-14,33H,1-2H3,(H3,27,28,29,30,31,32). The molecule has 0 aliphatic rings. The Bertz CT molecular complexity index is 1210. The van der Waals surface area contributed by atoms with Crippen molar-refractivity contribution >= 4 is 51.4 Å². The minimum Gasteiger partial charge on any atom is -0.507 e. The molecule has 166 valence electrons. The van der Waals surface area contributed by atoms with E-state index in [1.165, 1.54) is 6.21 Å². The molecule has 0 fully saturated rings. The van der Waals surface area contributed by atoms with Gasteiger partial charge in [0.2, 0.25) is 17.8 Å². The fourth-order valence-electron chi connectivity index (χ4n) is 2.86. The average molecular weight is 504 g/mol. The van der Waals surface area contributed by atoms with Crippen molar-refractivity contribution in [3.63, 3.8) is 0 Å². The van der Waals surface area contributed by atoms with Crippen LogP contribution in [0.5, 0.6) is 5.75 Å². The minimum atomic E-state index is 0.114. The summed E-state index contributed by atoms with van der Waals surface area (Å²) in [5.41, 5.74) is 7.37. The van der Waals surface area contributed by atoms with Crippen molar-refractivity contribution < 1.29 is 5.11 Å². The maximum Gasteiger partial charge on any atom is 0.250 e. The third-order valence-electron chi connectivity index (χ3n) is 4.61. The average Bonchev–Trinajstić information content (AvgIpc) is 2.79. The second kappa shape index (κ2) is 10.1. The number of hydrogen-bond acceptors (Lipinski definition) is 8. The fraction of sp³-hybridized carbons (Fsp3) is 0.0833. The number of hydrogen-bond donors (Lipinski definition) is 4. The number of aryl methyl sites for hydroxylation is 2. The van der Waals surface area contributed by atoms with Gasteiger partial charge in [0.1, 0.15) is 5.75 Å². The molecule has 0 amide bonds. The van der Waals surface area contributed by atoms with Gasteiger partial charge in [0.15, 0.2) is 0 Å². The van der Waals surface area contributed by atoms with E-state index in [0.29, 0.717) is 17.5 Å². The maximum atomic E-state index is 9.99. The molecule has 0 aliphatic heterocycles. The van der Waals surface area contributed by atoms with Crippen molar-refractivity contribution in [3.8, 4) is 5.75 Å². The fourth-order valence-corrected chi connectivity index (χ4v) is 3.24. The van der Waals surface area contributed by atoms with Crippen molar-refractivity contribution in [2.45, 2.75) is 13.8 Å². The Morgan fingerprint density at radius 2 is 1.27 bits per heavy atom. The zero-order valence-corrected chi connectivity index (χ0v) is 19.6. The van der Waals surface area contributed by atoms with Gasteiger partial charge in [0, 0.05) is 21.4 Å². The van der Waals surface area contributed by atoms with Crippen LogP contribution in [-0.4, -0.2) is 26.3 Å². The number of aromatic nitrogens is 3. The molecule has 4 rings (SSSR count). The quantitative estimate of drug-likeness (QED) is 0.184. The summed E-state index contributed by atoms with van der Waals surface area (Å²) in [6, 6.07) is 20.9. The van der Waals surface area contributed by atoms with E-state index in [4.69, 9.17) is 0 Å². The van der Waals surface area contributed by atoms with Gasteiger partial charge >= 0.3 is 0 Å². The number of benzene rings is 3. The van der Waals surface area contributed by atoms with Gasteiger partial charge in [-0.15, -0.1) is 0 Å². The van der Waals surface area contributed by atoms with Crippen LogP contribution in [0.3, 0.4) is 0 Å². The van der Waals surface area contributed by atoms with Crippen LogP contribution < -0.4 is 16.1 Å². The number of rotatable bonds is 7. The molecule has 0 unspecified atom stereocenters. The Balaban J connectivity index is 1.59. The lowest BCUT2D eigenvalue weighted by atomic mass is 10.2. The summed E-state index contributed by atoms with van der Waals surface area (Å²) < 4.78 is 0.830. The van der Waals surface area contributed by atoms with E-state index in [2.05, 4.69) is 52.0 Å². The van der Waals surface area contributed by atoms with Crippen molar-refractivity contribution in [2.24, 2.45) is 5.10 Å². The molecule has 9 heteroatoms. The second-order valence-corrected chi connectivity index (χ2v) is 8.28. The van der Waals surface area contributed by atoms with E-state index in [0.717, 1.165) is 27.0 Å². The highest BCUT2D eigenvalue weighted by atomic mass is 79.9. The first-order valence-electron chi connectivity index (χ1n) is 10.2. The minimum absolute atomic E-state index is 0.114. The summed E-state index contributed by atoms with van der Waals surface area (Å²) in [6.07, 6.45) is 1.49. The Morgan fingerprint density at radius 3 is 1.82 bits per heavy atom. The molecule has 0 bridgehead atoms. The SMILES string of the molecule is Cc1ccc(Nc2nc(NN=Cc3cc(Br)ccc3O)nc(Nc3ccc(C)cc3)n2)cc1. The van der Waals surface area contributed by atoms with Crippen LogP contribution in [-0.2, 0) is 0 Å². The normalized spacial score (nSPS) is 10.9. The van der Waals surface area contributed by atoms with Crippen molar-refractivity contribution in [3.05, 3.63) is 87.9 Å². The molecule has 0 saturated heterocycles. The molecule has 4 aromatic rings. The Labute approximate surface area is 200 Å². The highest BCUT2D eigenvalue weighted by Gasteiger charge is 2.08. The molecular formula is C24H22BrN7O. The van der Waals surface area contributed by atoms with Gasteiger partial charge in [-0.3, -0.25) is 0 Å². The lowest BCUT2D eigenvalue weighted by Crippen LogP contribution is -2.07. The topological polar surface area (TPSA) is 107 Å². The first-order valence-corrected chi connectivity index (χ1v) is 10.9. The van der Waals surface area contributed by atoms with E-state index < -0.39 is 0 Å². The lowest BCUT2D eigenvalue weighted by Gasteiger charge is -2.10. The number of halogens is 1. The number of aromatic hydroxyl groups is 1. The number of nitrogens with zero attached hydrogens (tertiary/aromatic N) is 4. The summed E-state index contributed by atoms with van der Waals surface area (Å²) in [5.74, 6) is 1.06. The van der Waals surface area contributed by atoms with Gasteiger partial charge in [-0.05, 0) is 56.3 Å². The van der Waals surface area contributed by atoms with Crippen LogP contribution in [0.2, 0.25) is 0 Å². The third-order valence-corrected chi connectivity index (χ3v) is 5.10. The van der Waals surface area contributed by atoms with Crippen LogP contribution in [0.15, 0.2) is 76.3 Å². The van der Waals surface area contributed by atoms with E-state index in [-0.39, 0.29) is 11.7 Å². The molecule has 0 radical (unpaired) electrons. The smallest absolute Gasteiger partial charge is 0.250 e. The molecular weight excluding hydrogens is 482 g/mol. The molecule has 8 nitrogen and oxygen atoms in total. The molecule has 0 aliphatic carbocycles. The summed E-state index contributed by atoms with van der Waals surface area (Å²) in [6.45, 7) is 4.05. The molecule has 1 heterocycles. The third kappa shape index (κ3) is 6.27. The van der Waals surface area contributed by atoms with Gasteiger partial charge in [-0.2, -0.15) is 20.1 Å². The van der Waals surface area contributed by atoms with Crippen molar-refractivity contribution in [2.75, 3.05) is 16.1 Å². The highest BCUT2D eigenvalue weighted by molar-refractivity contribution is 9.10. The van der Waals surface area contributed by atoms with E-state index in [1.54, 1.807) is 18.2 Å². The molecule has 4 N–H and O–H groups in total. The number of hydrazone groups is 1. The van der Waals surface area contributed by atoms with Gasteiger partial charge < -0.3 is 15.7 Å². The van der Waals surface area contributed by atoms with E-state index in [1.807, 2.05) is 62.4 Å². The number of phenolic OH excluding ortho intramolecular Hbond substituents is 1. The largest absolute Gasteiger partial charge is 0.507 e. The zero-order chi connectivity index (χ0) is 23.2. The van der Waals surface area contributed by atoms with Gasteiger partial charge in [0.25, 0.3) is 0 Å². The highest BCUT2D eigenvalue weighted by Crippen LogP contribution is 2.21. The monoisotopic (exact) mass is 503 g/mol. The first-order chi connectivity index (χ1) is 15.9. The summed E-state index contributed by atoms with van der Waals surface area (Å²) in [4.78, 5) is 13.3. The summed E-state index contributed by atoms with van der Waals surface area (Å²) in [5, 5.41) is 20.5. The van der Waals surface area contributed by atoms with E-state index >= 15 is 0 Å². The van der Waals surface area contributed by atoms with Crippen LogP contribution in [0.1, 0.15) is 16.7 Å². The summed E-state index contributed by atoms with van der Waals surface area (Å²) >= 11 is 3.38. The van der Waals surface area contributed by atoms with Crippen LogP contribution in [0, 0.1) is 13.8 Å². The number of anilines is 5. The van der Waals surface area contributed by atoms with Crippen LogP contribution >= 0.6 is 15.9 Å². The predicted octanol–water partition coefficient (Wildman–Crippen LogP) is 5.89. The molecule has 1 aromatic heterocycles. The van der Waals surface area contributed by atoms with Gasteiger partial charge in [0.05, 0.1) is 6.21 Å². The number of phenols is 1. The Kier molecular flexibility index (Phi) is 6.80. The van der Waals surface area contributed by atoms with Gasteiger partial charge in [-0.1, -0.05) is 51.3 Å². The predicted molar refractivity (Wildman–Crippen MR) is 136 cm³/mol. The van der Waals surface area contributed by atoms with Gasteiger partial charge in [-0.25, -0.2) is 5.43 Å². The zero-order valence-electron chi connectivity index (χ0n) is 18.0. The molecule has 0 spiro atoms. The Hall–Kier alpha value is -3.98. The van der Waals surface area contributed by atoms with Crippen LogP contribution in [0.4, 0.5) is 29.2 Å². The lowest BCUT2D eigenvalue weighted by molar-refractivity contribution is 0.474. The maximum absolute atomic E-state index is 9.99. The second-order valence-electron chi connectivity index (χ2n) is 7.36.